The molecule has 5 rings (SSSR count). The SMILES string of the molecule is CC(=O)NC[C@H]1CN(c2ccc(C3CCN(Cc4c[nH]c5ccccc45)CC3)c(F)c2)C(=O)O1. The molecule has 2 aliphatic heterocycles. The van der Waals surface area contributed by atoms with Crippen molar-refractivity contribution in [1.29, 1.82) is 0 Å². The van der Waals surface area contributed by atoms with E-state index in [1.807, 2.05) is 6.07 Å². The number of aromatic nitrogens is 1. The van der Waals surface area contributed by atoms with E-state index in [1.54, 1.807) is 12.1 Å². The Labute approximate surface area is 197 Å². The minimum absolute atomic E-state index is 0.159. The fourth-order valence-corrected chi connectivity index (χ4v) is 5.02. The summed E-state index contributed by atoms with van der Waals surface area (Å²) in [6.45, 7) is 4.65. The van der Waals surface area contributed by atoms with Crippen LogP contribution in [0.3, 0.4) is 0 Å². The zero-order valence-electron chi connectivity index (χ0n) is 19.2. The highest BCUT2D eigenvalue weighted by Gasteiger charge is 2.33. The number of anilines is 1. The average Bonchev–Trinajstić information content (AvgIpc) is 3.41. The van der Waals surface area contributed by atoms with Crippen LogP contribution in [-0.2, 0) is 16.1 Å². The Bertz CT molecular complexity index is 1200. The third-order valence-corrected chi connectivity index (χ3v) is 6.84. The second-order valence-corrected chi connectivity index (χ2v) is 9.17. The fraction of sp³-hybridized carbons (Fsp3) is 0.385. The summed E-state index contributed by atoms with van der Waals surface area (Å²) in [6, 6.07) is 13.3. The number of likely N-dealkylation sites (tertiary alicyclic amines) is 1. The Hall–Kier alpha value is -3.39. The number of cyclic esters (lactones) is 1. The molecule has 0 saturated carbocycles. The van der Waals surface area contributed by atoms with Gasteiger partial charge in [0.05, 0.1) is 18.8 Å². The molecule has 0 bridgehead atoms. The number of halogens is 1. The minimum atomic E-state index is -0.520. The largest absolute Gasteiger partial charge is 0.442 e. The number of ether oxygens (including phenoxy) is 1. The fourth-order valence-electron chi connectivity index (χ4n) is 5.02. The van der Waals surface area contributed by atoms with Gasteiger partial charge in [-0.1, -0.05) is 24.3 Å². The van der Waals surface area contributed by atoms with Crippen LogP contribution >= 0.6 is 0 Å². The minimum Gasteiger partial charge on any atom is -0.442 e. The van der Waals surface area contributed by atoms with Crippen molar-refractivity contribution in [2.75, 3.05) is 31.1 Å². The first-order chi connectivity index (χ1) is 16.5. The number of fused-ring (bicyclic) bond motifs is 1. The van der Waals surface area contributed by atoms with Crippen LogP contribution in [0.4, 0.5) is 14.9 Å². The highest BCUT2D eigenvalue weighted by atomic mass is 19.1. The first-order valence-electron chi connectivity index (χ1n) is 11.8. The van der Waals surface area contributed by atoms with Crippen LogP contribution in [-0.4, -0.2) is 54.2 Å². The summed E-state index contributed by atoms with van der Waals surface area (Å²) in [5.41, 5.74) is 3.63. The van der Waals surface area contributed by atoms with Crippen molar-refractivity contribution in [2.45, 2.75) is 38.3 Å². The lowest BCUT2D eigenvalue weighted by Crippen LogP contribution is -2.33. The molecule has 34 heavy (non-hydrogen) atoms. The summed E-state index contributed by atoms with van der Waals surface area (Å²) in [6.07, 6.45) is 2.90. The topological polar surface area (TPSA) is 77.7 Å². The zero-order valence-corrected chi connectivity index (χ0v) is 19.2. The number of hydrogen-bond donors (Lipinski definition) is 2. The van der Waals surface area contributed by atoms with Crippen molar-refractivity contribution < 1.29 is 18.7 Å². The first-order valence-corrected chi connectivity index (χ1v) is 11.8. The van der Waals surface area contributed by atoms with Crippen LogP contribution in [0.25, 0.3) is 10.9 Å². The molecule has 2 aromatic carbocycles. The second-order valence-electron chi connectivity index (χ2n) is 9.17. The van der Waals surface area contributed by atoms with E-state index < -0.39 is 12.2 Å². The van der Waals surface area contributed by atoms with E-state index in [2.05, 4.69) is 39.6 Å². The first kappa shape index (κ1) is 22.4. The molecule has 0 aliphatic carbocycles. The Morgan fingerprint density at radius 1 is 1.21 bits per heavy atom. The molecular formula is C26H29FN4O3. The van der Waals surface area contributed by atoms with E-state index in [0.717, 1.165) is 38.0 Å². The zero-order chi connectivity index (χ0) is 23.7. The Morgan fingerprint density at radius 3 is 2.76 bits per heavy atom. The highest BCUT2D eigenvalue weighted by Crippen LogP contribution is 2.33. The second kappa shape index (κ2) is 9.46. The lowest BCUT2D eigenvalue weighted by atomic mass is 9.88. The lowest BCUT2D eigenvalue weighted by molar-refractivity contribution is -0.119. The van der Waals surface area contributed by atoms with Gasteiger partial charge in [-0.25, -0.2) is 9.18 Å². The van der Waals surface area contributed by atoms with Crippen LogP contribution in [0, 0.1) is 5.82 Å². The molecule has 0 radical (unpaired) electrons. The van der Waals surface area contributed by atoms with E-state index in [1.165, 1.54) is 28.8 Å². The number of nitrogens with zero attached hydrogens (tertiary/aromatic N) is 2. The molecule has 2 fully saturated rings. The quantitative estimate of drug-likeness (QED) is 0.575. The number of H-pyrrole nitrogens is 1. The molecule has 178 valence electrons. The van der Waals surface area contributed by atoms with E-state index in [4.69, 9.17) is 4.74 Å². The molecule has 3 aromatic rings. The maximum atomic E-state index is 15.1. The molecule has 0 spiro atoms. The van der Waals surface area contributed by atoms with Gasteiger partial charge in [-0.05, 0) is 61.2 Å². The molecule has 2 amide bonds. The predicted molar refractivity (Wildman–Crippen MR) is 128 cm³/mol. The Balaban J connectivity index is 1.19. The summed E-state index contributed by atoms with van der Waals surface area (Å²) >= 11 is 0. The normalized spacial score (nSPS) is 19.5. The number of rotatable bonds is 6. The number of piperidine rings is 1. The van der Waals surface area contributed by atoms with Crippen molar-refractivity contribution in [3.63, 3.8) is 0 Å². The van der Waals surface area contributed by atoms with Gasteiger partial charge in [0, 0.05) is 30.6 Å². The van der Waals surface area contributed by atoms with Crippen LogP contribution in [0.15, 0.2) is 48.7 Å². The summed E-state index contributed by atoms with van der Waals surface area (Å²) < 4.78 is 20.4. The molecule has 7 nitrogen and oxygen atoms in total. The lowest BCUT2D eigenvalue weighted by Gasteiger charge is -2.32. The summed E-state index contributed by atoms with van der Waals surface area (Å²) in [5.74, 6) is -0.311. The Kier molecular flexibility index (Phi) is 6.24. The van der Waals surface area contributed by atoms with E-state index >= 15 is 4.39 Å². The third-order valence-electron chi connectivity index (χ3n) is 6.84. The highest BCUT2D eigenvalue weighted by molar-refractivity contribution is 5.90. The number of carbonyl (C=O) groups excluding carboxylic acids is 2. The van der Waals surface area contributed by atoms with Crippen molar-refractivity contribution in [3.05, 3.63) is 65.6 Å². The predicted octanol–water partition coefficient (Wildman–Crippen LogP) is 4.15. The van der Waals surface area contributed by atoms with Gasteiger partial charge in [0.2, 0.25) is 5.91 Å². The number of hydrogen-bond acceptors (Lipinski definition) is 4. The Morgan fingerprint density at radius 2 is 2.00 bits per heavy atom. The van der Waals surface area contributed by atoms with Gasteiger partial charge in [-0.3, -0.25) is 14.6 Å². The number of amides is 2. The van der Waals surface area contributed by atoms with Gasteiger partial charge < -0.3 is 15.0 Å². The van der Waals surface area contributed by atoms with E-state index in [0.29, 0.717) is 11.3 Å². The maximum absolute atomic E-state index is 15.1. The van der Waals surface area contributed by atoms with Crippen LogP contribution in [0.5, 0.6) is 0 Å². The van der Waals surface area contributed by atoms with Gasteiger partial charge >= 0.3 is 6.09 Å². The number of para-hydroxylation sites is 1. The van der Waals surface area contributed by atoms with Gasteiger partial charge in [-0.2, -0.15) is 0 Å². The molecule has 1 atom stereocenters. The maximum Gasteiger partial charge on any atom is 0.414 e. The van der Waals surface area contributed by atoms with Crippen LogP contribution < -0.4 is 10.2 Å². The molecule has 2 saturated heterocycles. The molecule has 8 heteroatoms. The molecule has 2 aliphatic rings. The number of carbonyl (C=O) groups is 2. The van der Waals surface area contributed by atoms with Crippen molar-refractivity contribution in [3.8, 4) is 0 Å². The number of benzene rings is 2. The number of aromatic amines is 1. The van der Waals surface area contributed by atoms with Gasteiger partial charge in [0.15, 0.2) is 0 Å². The van der Waals surface area contributed by atoms with E-state index in [9.17, 15) is 9.59 Å². The summed E-state index contributed by atoms with van der Waals surface area (Å²) in [5, 5.41) is 3.90. The molecular weight excluding hydrogens is 435 g/mol. The molecule has 3 heterocycles. The van der Waals surface area contributed by atoms with Gasteiger partial charge in [0.25, 0.3) is 0 Å². The molecule has 0 unspecified atom stereocenters. The van der Waals surface area contributed by atoms with Crippen LogP contribution in [0.1, 0.15) is 36.8 Å². The van der Waals surface area contributed by atoms with Crippen molar-refractivity contribution in [1.82, 2.24) is 15.2 Å². The smallest absolute Gasteiger partial charge is 0.414 e. The average molecular weight is 465 g/mol. The van der Waals surface area contributed by atoms with Gasteiger partial charge in [0.1, 0.15) is 11.9 Å². The van der Waals surface area contributed by atoms with Crippen molar-refractivity contribution in [2.24, 2.45) is 0 Å². The third kappa shape index (κ3) is 4.63. The van der Waals surface area contributed by atoms with E-state index in [-0.39, 0.29) is 30.7 Å². The monoisotopic (exact) mass is 464 g/mol. The summed E-state index contributed by atoms with van der Waals surface area (Å²) in [4.78, 5) is 30.5. The molecule has 1 aromatic heterocycles. The van der Waals surface area contributed by atoms with Crippen LogP contribution in [0.2, 0.25) is 0 Å². The number of nitrogens with one attached hydrogen (secondary N) is 2. The standard InChI is InChI=1S/C26H29FN4O3/c1-17(32)28-14-21-16-31(26(33)34-21)20-6-7-22(24(27)12-20)18-8-10-30(11-9-18)15-19-13-29-25-5-3-2-4-23(19)25/h2-7,12-13,18,21,29H,8-11,14-16H2,1H3,(H,28,32)/t21-/m0/s1. The van der Waals surface area contributed by atoms with Gasteiger partial charge in [-0.15, -0.1) is 0 Å². The molecule has 2 N–H and O–H groups in total. The summed E-state index contributed by atoms with van der Waals surface area (Å²) in [7, 11) is 0. The van der Waals surface area contributed by atoms with Crippen molar-refractivity contribution >= 4 is 28.6 Å².